The molecule has 0 bridgehead atoms. The molecule has 4 rings (SSSR count). The van der Waals surface area contributed by atoms with E-state index in [1.54, 1.807) is 29.7 Å². The maximum Gasteiger partial charge on any atom is 0.187 e. The first-order valence-corrected chi connectivity index (χ1v) is 10.6. The Balaban J connectivity index is 1.81. The molecule has 0 radical (unpaired) electrons. The van der Waals surface area contributed by atoms with Crippen molar-refractivity contribution in [2.75, 3.05) is 19.3 Å². The van der Waals surface area contributed by atoms with Crippen molar-refractivity contribution in [1.29, 1.82) is 0 Å². The summed E-state index contributed by atoms with van der Waals surface area (Å²) in [5.41, 5.74) is 2.68. The molecular weight excluding hydrogens is 367 g/mol. The average Bonchev–Trinajstić information content (AvgIpc) is 3.15. The maximum absolute atomic E-state index is 13.4. The van der Waals surface area contributed by atoms with Crippen molar-refractivity contribution in [3.05, 3.63) is 47.4 Å². The zero-order valence-electron chi connectivity index (χ0n) is 14.4. The van der Waals surface area contributed by atoms with Crippen LogP contribution in [0.5, 0.6) is 0 Å². The Labute approximate surface area is 160 Å². The number of hydrogen-bond donors (Lipinski definition) is 1. The molecule has 3 aromatic rings. The molecule has 1 aliphatic heterocycles. The summed E-state index contributed by atoms with van der Waals surface area (Å²) in [6, 6.07) is 8.46. The predicted octanol–water partition coefficient (Wildman–Crippen LogP) is 4.60. The lowest BCUT2D eigenvalue weighted by atomic mass is 9.99. The number of nitrogens with zero attached hydrogens (tertiary/aromatic N) is 3. The Morgan fingerprint density at radius 3 is 2.62 bits per heavy atom. The standard InChI is InChI=1S/C19H19FN4S2/c1-25-19-22-11-8-15(23-19)17-16(12-2-4-14(20)5-3-12)24-18(26-17)13-6-9-21-10-7-13/h2-5,8,11,13,21H,6-7,9-10H2,1H3. The van der Waals surface area contributed by atoms with Gasteiger partial charge in [0, 0.05) is 17.7 Å². The Morgan fingerprint density at radius 1 is 1.12 bits per heavy atom. The molecule has 26 heavy (non-hydrogen) atoms. The van der Waals surface area contributed by atoms with Gasteiger partial charge in [0.05, 0.1) is 21.3 Å². The Kier molecular flexibility index (Phi) is 5.28. The zero-order chi connectivity index (χ0) is 17.9. The Bertz CT molecular complexity index is 889. The molecule has 7 heteroatoms. The van der Waals surface area contributed by atoms with E-state index in [1.807, 2.05) is 12.3 Å². The van der Waals surface area contributed by atoms with Crippen LogP contribution in [-0.2, 0) is 0 Å². The molecule has 0 atom stereocenters. The normalized spacial score (nSPS) is 15.3. The van der Waals surface area contributed by atoms with E-state index in [1.165, 1.54) is 23.9 Å². The van der Waals surface area contributed by atoms with Crippen LogP contribution >= 0.6 is 23.1 Å². The fraction of sp³-hybridized carbons (Fsp3) is 0.316. The highest BCUT2D eigenvalue weighted by atomic mass is 32.2. The number of nitrogens with one attached hydrogen (secondary N) is 1. The Hall–Kier alpha value is -1.83. The van der Waals surface area contributed by atoms with Crippen molar-refractivity contribution in [2.45, 2.75) is 23.9 Å². The van der Waals surface area contributed by atoms with Crippen molar-refractivity contribution in [1.82, 2.24) is 20.3 Å². The molecule has 0 aliphatic carbocycles. The van der Waals surface area contributed by atoms with Crippen molar-refractivity contribution < 1.29 is 4.39 Å². The van der Waals surface area contributed by atoms with Crippen molar-refractivity contribution >= 4 is 23.1 Å². The van der Waals surface area contributed by atoms with Crippen LogP contribution in [0.4, 0.5) is 4.39 Å². The van der Waals surface area contributed by atoms with Crippen LogP contribution < -0.4 is 5.32 Å². The first-order chi connectivity index (χ1) is 12.7. The predicted molar refractivity (Wildman–Crippen MR) is 105 cm³/mol. The largest absolute Gasteiger partial charge is 0.317 e. The smallest absolute Gasteiger partial charge is 0.187 e. The summed E-state index contributed by atoms with van der Waals surface area (Å²) in [5, 5.41) is 5.29. The van der Waals surface area contributed by atoms with Crippen LogP contribution in [0.1, 0.15) is 23.8 Å². The first-order valence-electron chi connectivity index (χ1n) is 8.59. The fourth-order valence-corrected chi connectivity index (χ4v) is 4.71. The van der Waals surface area contributed by atoms with Crippen LogP contribution in [0.2, 0.25) is 0 Å². The zero-order valence-corrected chi connectivity index (χ0v) is 16.0. The minimum atomic E-state index is -0.240. The molecular formula is C19H19FN4S2. The lowest BCUT2D eigenvalue weighted by Gasteiger charge is -2.20. The van der Waals surface area contributed by atoms with E-state index >= 15 is 0 Å². The van der Waals surface area contributed by atoms with Gasteiger partial charge in [-0.05, 0) is 62.5 Å². The number of piperidine rings is 1. The molecule has 1 aromatic carbocycles. The van der Waals surface area contributed by atoms with Crippen molar-refractivity contribution in [3.8, 4) is 21.8 Å². The Morgan fingerprint density at radius 2 is 1.88 bits per heavy atom. The minimum absolute atomic E-state index is 0.240. The average molecular weight is 387 g/mol. The summed E-state index contributed by atoms with van der Waals surface area (Å²) in [7, 11) is 0. The van der Waals surface area contributed by atoms with Crippen molar-refractivity contribution in [3.63, 3.8) is 0 Å². The summed E-state index contributed by atoms with van der Waals surface area (Å²) in [4.78, 5) is 14.9. The van der Waals surface area contributed by atoms with Gasteiger partial charge in [-0.1, -0.05) is 11.8 Å². The van der Waals surface area contributed by atoms with Gasteiger partial charge in [0.15, 0.2) is 5.16 Å². The summed E-state index contributed by atoms with van der Waals surface area (Å²) >= 11 is 3.23. The second-order valence-electron chi connectivity index (χ2n) is 6.19. The summed E-state index contributed by atoms with van der Waals surface area (Å²) < 4.78 is 13.4. The van der Waals surface area contributed by atoms with Gasteiger partial charge in [0.1, 0.15) is 5.82 Å². The molecule has 1 fully saturated rings. The molecule has 0 spiro atoms. The van der Waals surface area contributed by atoms with Gasteiger partial charge in [-0.2, -0.15) is 0 Å². The second-order valence-corrected chi connectivity index (χ2v) is 7.99. The highest BCUT2D eigenvalue weighted by Gasteiger charge is 2.23. The number of halogens is 1. The van der Waals surface area contributed by atoms with E-state index in [4.69, 9.17) is 4.98 Å². The van der Waals surface area contributed by atoms with Crippen LogP contribution in [0.15, 0.2) is 41.7 Å². The third-order valence-electron chi connectivity index (χ3n) is 4.50. The molecule has 1 N–H and O–H groups in total. The topological polar surface area (TPSA) is 50.7 Å². The molecule has 0 unspecified atom stereocenters. The number of thiazole rings is 1. The van der Waals surface area contributed by atoms with Crippen LogP contribution in [-0.4, -0.2) is 34.3 Å². The van der Waals surface area contributed by atoms with Crippen LogP contribution in [0.25, 0.3) is 21.8 Å². The quantitative estimate of drug-likeness (QED) is 0.525. The highest BCUT2D eigenvalue weighted by Crippen LogP contribution is 2.40. The lowest BCUT2D eigenvalue weighted by Crippen LogP contribution is -2.26. The van der Waals surface area contributed by atoms with E-state index in [-0.39, 0.29) is 5.82 Å². The van der Waals surface area contributed by atoms with E-state index in [9.17, 15) is 4.39 Å². The third kappa shape index (κ3) is 3.65. The summed E-state index contributed by atoms with van der Waals surface area (Å²) in [6.07, 6.45) is 5.94. The van der Waals surface area contributed by atoms with E-state index < -0.39 is 0 Å². The highest BCUT2D eigenvalue weighted by molar-refractivity contribution is 7.98. The molecule has 2 aromatic heterocycles. The number of rotatable bonds is 4. The van der Waals surface area contributed by atoms with E-state index in [0.717, 1.165) is 57.9 Å². The molecule has 0 amide bonds. The van der Waals surface area contributed by atoms with Gasteiger partial charge in [-0.3, -0.25) is 0 Å². The number of aromatic nitrogens is 3. The van der Waals surface area contributed by atoms with Crippen LogP contribution in [0.3, 0.4) is 0 Å². The molecule has 4 nitrogen and oxygen atoms in total. The fourth-order valence-electron chi connectivity index (χ4n) is 3.12. The second kappa shape index (κ2) is 7.82. The number of thioether (sulfide) groups is 1. The van der Waals surface area contributed by atoms with Crippen LogP contribution in [0, 0.1) is 5.82 Å². The van der Waals surface area contributed by atoms with Gasteiger partial charge in [-0.15, -0.1) is 11.3 Å². The minimum Gasteiger partial charge on any atom is -0.317 e. The van der Waals surface area contributed by atoms with Gasteiger partial charge in [0.2, 0.25) is 0 Å². The van der Waals surface area contributed by atoms with E-state index in [2.05, 4.69) is 15.3 Å². The summed E-state index contributed by atoms with van der Waals surface area (Å²) in [6.45, 7) is 2.05. The summed E-state index contributed by atoms with van der Waals surface area (Å²) in [5.74, 6) is 0.229. The molecule has 0 saturated carbocycles. The van der Waals surface area contributed by atoms with Gasteiger partial charge >= 0.3 is 0 Å². The first kappa shape index (κ1) is 17.6. The van der Waals surface area contributed by atoms with Gasteiger partial charge in [-0.25, -0.2) is 19.3 Å². The lowest BCUT2D eigenvalue weighted by molar-refractivity contribution is 0.459. The molecule has 1 aliphatic rings. The van der Waals surface area contributed by atoms with Gasteiger partial charge < -0.3 is 5.32 Å². The maximum atomic E-state index is 13.4. The third-order valence-corrected chi connectivity index (χ3v) is 6.30. The van der Waals surface area contributed by atoms with Gasteiger partial charge in [0.25, 0.3) is 0 Å². The SMILES string of the molecule is CSc1nccc(-c2sc(C3CCNCC3)nc2-c2ccc(F)cc2)n1. The monoisotopic (exact) mass is 386 g/mol. The van der Waals surface area contributed by atoms with E-state index in [0.29, 0.717) is 5.92 Å². The molecule has 3 heterocycles. The molecule has 134 valence electrons. The number of hydrogen-bond acceptors (Lipinski definition) is 6. The number of benzene rings is 1. The van der Waals surface area contributed by atoms with Crippen molar-refractivity contribution in [2.24, 2.45) is 0 Å². The molecule has 1 saturated heterocycles.